The number of carbonyl (C=O) groups is 1. The Morgan fingerprint density at radius 2 is 1.90 bits per heavy atom. The van der Waals surface area contributed by atoms with Gasteiger partial charge in [0.1, 0.15) is 5.82 Å². The molecule has 21 heavy (non-hydrogen) atoms. The lowest BCUT2D eigenvalue weighted by Crippen LogP contribution is -2.53. The van der Waals surface area contributed by atoms with Crippen LogP contribution in [0.15, 0.2) is 12.4 Å². The van der Waals surface area contributed by atoms with Crippen LogP contribution in [0.3, 0.4) is 0 Å². The summed E-state index contributed by atoms with van der Waals surface area (Å²) < 4.78 is 2.10. The molecule has 1 N–H and O–H groups in total. The van der Waals surface area contributed by atoms with Crippen LogP contribution in [0.2, 0.25) is 0 Å². The smallest absolute Gasteiger partial charge is 0.226 e. The fourth-order valence-electron chi connectivity index (χ4n) is 5.51. The quantitative estimate of drug-likeness (QED) is 0.925. The molecule has 0 aromatic carbocycles. The molecular weight excluding hydrogens is 262 g/mol. The Labute approximate surface area is 126 Å². The first-order valence-electron chi connectivity index (χ1n) is 8.41. The molecule has 1 amide bonds. The van der Waals surface area contributed by atoms with Gasteiger partial charge >= 0.3 is 0 Å². The number of rotatable bonds is 4. The Morgan fingerprint density at radius 1 is 1.29 bits per heavy atom. The Kier molecular flexibility index (Phi) is 3.09. The fraction of sp³-hybridized carbons (Fsp3) is 0.765. The third kappa shape index (κ3) is 2.29. The van der Waals surface area contributed by atoms with Crippen molar-refractivity contribution in [2.45, 2.75) is 52.0 Å². The van der Waals surface area contributed by atoms with E-state index in [9.17, 15) is 4.79 Å². The molecule has 0 unspecified atom stereocenters. The van der Waals surface area contributed by atoms with Gasteiger partial charge in [-0.15, -0.1) is 0 Å². The lowest BCUT2D eigenvalue weighted by atomic mass is 9.49. The summed E-state index contributed by atoms with van der Waals surface area (Å²) in [6.45, 7) is 3.54. The number of aromatic nitrogens is 2. The van der Waals surface area contributed by atoms with E-state index >= 15 is 0 Å². The standard InChI is InChI=1S/C17H25N3O/c1-12-18-2-4-20(12)5-3-19-16(21)17-9-13-6-14(10-17)8-15(7-13)11-17/h2,4,13-15H,3,5-11H2,1H3,(H,19,21). The predicted molar refractivity (Wildman–Crippen MR) is 80.6 cm³/mol. The molecular formula is C17H25N3O. The average molecular weight is 287 g/mol. The van der Waals surface area contributed by atoms with Crippen molar-refractivity contribution in [2.24, 2.45) is 23.2 Å². The largest absolute Gasteiger partial charge is 0.354 e. The Hall–Kier alpha value is -1.32. The van der Waals surface area contributed by atoms with Crippen molar-refractivity contribution in [1.29, 1.82) is 0 Å². The number of amides is 1. The minimum Gasteiger partial charge on any atom is -0.354 e. The third-order valence-corrected chi connectivity index (χ3v) is 6.08. The molecule has 5 rings (SSSR count). The van der Waals surface area contributed by atoms with Crippen LogP contribution in [-0.4, -0.2) is 22.0 Å². The van der Waals surface area contributed by atoms with Gasteiger partial charge in [-0.1, -0.05) is 0 Å². The number of hydrogen-bond donors (Lipinski definition) is 1. The van der Waals surface area contributed by atoms with E-state index in [0.717, 1.165) is 55.9 Å². The summed E-state index contributed by atoms with van der Waals surface area (Å²) in [5.41, 5.74) is -0.0151. The number of nitrogens with zero attached hydrogens (tertiary/aromatic N) is 2. The van der Waals surface area contributed by atoms with Gasteiger partial charge in [0.2, 0.25) is 5.91 Å². The Bertz CT molecular complexity index is 513. The fourth-order valence-corrected chi connectivity index (χ4v) is 5.51. The molecule has 0 saturated heterocycles. The maximum atomic E-state index is 12.8. The highest BCUT2D eigenvalue weighted by Gasteiger charge is 2.54. The Balaban J connectivity index is 1.38. The van der Waals surface area contributed by atoms with Gasteiger partial charge in [-0.05, 0) is 63.2 Å². The van der Waals surface area contributed by atoms with Crippen LogP contribution in [-0.2, 0) is 11.3 Å². The number of carbonyl (C=O) groups excluding carboxylic acids is 1. The van der Waals surface area contributed by atoms with E-state index in [1.807, 2.05) is 19.3 Å². The normalized spacial score (nSPS) is 36.9. The van der Waals surface area contributed by atoms with Crippen LogP contribution >= 0.6 is 0 Å². The number of imidazole rings is 1. The van der Waals surface area contributed by atoms with Crippen LogP contribution in [0.25, 0.3) is 0 Å². The minimum absolute atomic E-state index is 0.0151. The van der Waals surface area contributed by atoms with Crippen molar-refractivity contribution in [3.05, 3.63) is 18.2 Å². The van der Waals surface area contributed by atoms with Crippen molar-refractivity contribution in [3.8, 4) is 0 Å². The van der Waals surface area contributed by atoms with Gasteiger partial charge in [-0.25, -0.2) is 4.98 Å². The Morgan fingerprint density at radius 3 is 2.43 bits per heavy atom. The molecule has 4 fully saturated rings. The lowest BCUT2D eigenvalue weighted by Gasteiger charge is -2.55. The predicted octanol–water partition coefficient (Wildman–Crippen LogP) is 2.52. The van der Waals surface area contributed by atoms with Gasteiger partial charge in [-0.3, -0.25) is 4.79 Å². The summed E-state index contributed by atoms with van der Waals surface area (Å²) in [6.07, 6.45) is 11.4. The van der Waals surface area contributed by atoms with Crippen molar-refractivity contribution in [2.75, 3.05) is 6.54 Å². The van der Waals surface area contributed by atoms with E-state index in [4.69, 9.17) is 0 Å². The van der Waals surface area contributed by atoms with Gasteiger partial charge in [-0.2, -0.15) is 0 Å². The summed E-state index contributed by atoms with van der Waals surface area (Å²) in [6, 6.07) is 0. The highest BCUT2D eigenvalue weighted by molar-refractivity contribution is 5.83. The summed E-state index contributed by atoms with van der Waals surface area (Å²) in [5.74, 6) is 3.84. The number of hydrogen-bond acceptors (Lipinski definition) is 2. The summed E-state index contributed by atoms with van der Waals surface area (Å²) in [7, 11) is 0. The summed E-state index contributed by atoms with van der Waals surface area (Å²) >= 11 is 0. The van der Waals surface area contributed by atoms with E-state index in [-0.39, 0.29) is 5.41 Å². The molecule has 0 radical (unpaired) electrons. The maximum Gasteiger partial charge on any atom is 0.226 e. The molecule has 0 atom stereocenters. The zero-order valence-electron chi connectivity index (χ0n) is 12.8. The molecule has 1 heterocycles. The molecule has 4 bridgehead atoms. The number of nitrogens with one attached hydrogen (secondary N) is 1. The molecule has 1 aromatic rings. The number of aryl methyl sites for hydroxylation is 1. The second-order valence-corrected chi connectivity index (χ2v) is 7.62. The second-order valence-electron chi connectivity index (χ2n) is 7.62. The van der Waals surface area contributed by atoms with Crippen molar-refractivity contribution in [3.63, 3.8) is 0 Å². The van der Waals surface area contributed by atoms with Gasteiger partial charge in [0.05, 0.1) is 0 Å². The third-order valence-electron chi connectivity index (χ3n) is 6.08. The molecule has 0 aliphatic heterocycles. The zero-order valence-corrected chi connectivity index (χ0v) is 12.8. The monoisotopic (exact) mass is 287 g/mol. The van der Waals surface area contributed by atoms with E-state index < -0.39 is 0 Å². The van der Waals surface area contributed by atoms with Crippen molar-refractivity contribution >= 4 is 5.91 Å². The summed E-state index contributed by atoms with van der Waals surface area (Å²) in [4.78, 5) is 17.0. The molecule has 1 aromatic heterocycles. The van der Waals surface area contributed by atoms with Crippen LogP contribution in [0.1, 0.15) is 44.3 Å². The van der Waals surface area contributed by atoms with Crippen LogP contribution in [0, 0.1) is 30.1 Å². The SMILES string of the molecule is Cc1nccn1CCNC(=O)C12CC3CC(CC(C3)C1)C2. The first-order chi connectivity index (χ1) is 10.1. The van der Waals surface area contributed by atoms with Gasteiger partial charge < -0.3 is 9.88 Å². The first-order valence-corrected chi connectivity index (χ1v) is 8.41. The summed E-state index contributed by atoms with van der Waals surface area (Å²) in [5, 5.41) is 3.22. The lowest BCUT2D eigenvalue weighted by molar-refractivity contribution is -0.146. The van der Waals surface area contributed by atoms with Crippen molar-refractivity contribution < 1.29 is 4.79 Å². The van der Waals surface area contributed by atoms with Crippen LogP contribution in [0.4, 0.5) is 0 Å². The zero-order chi connectivity index (χ0) is 14.4. The highest BCUT2D eigenvalue weighted by Crippen LogP contribution is 2.60. The van der Waals surface area contributed by atoms with E-state index in [1.54, 1.807) is 0 Å². The van der Waals surface area contributed by atoms with Gasteiger partial charge in [0, 0.05) is 30.9 Å². The first kappa shape index (κ1) is 13.4. The average Bonchev–Trinajstić information content (AvgIpc) is 2.83. The van der Waals surface area contributed by atoms with E-state index in [1.165, 1.54) is 19.3 Å². The molecule has 4 aliphatic carbocycles. The van der Waals surface area contributed by atoms with Crippen LogP contribution in [0.5, 0.6) is 0 Å². The van der Waals surface area contributed by atoms with Crippen molar-refractivity contribution in [1.82, 2.24) is 14.9 Å². The molecule has 4 aliphatic rings. The van der Waals surface area contributed by atoms with Gasteiger partial charge in [0.15, 0.2) is 0 Å². The molecule has 0 spiro atoms. The molecule has 114 valence electrons. The van der Waals surface area contributed by atoms with E-state index in [2.05, 4.69) is 14.9 Å². The molecule has 4 nitrogen and oxygen atoms in total. The maximum absolute atomic E-state index is 12.8. The van der Waals surface area contributed by atoms with E-state index in [0.29, 0.717) is 5.91 Å². The minimum atomic E-state index is -0.0151. The molecule has 4 saturated carbocycles. The second kappa shape index (κ2) is 4.85. The van der Waals surface area contributed by atoms with Gasteiger partial charge in [0.25, 0.3) is 0 Å². The van der Waals surface area contributed by atoms with Crippen LogP contribution < -0.4 is 5.32 Å². The highest BCUT2D eigenvalue weighted by atomic mass is 16.2. The molecule has 4 heteroatoms. The topological polar surface area (TPSA) is 46.9 Å².